The van der Waals surface area contributed by atoms with E-state index in [4.69, 9.17) is 11.6 Å². The van der Waals surface area contributed by atoms with Crippen LogP contribution in [0.5, 0.6) is 0 Å². The number of rotatable bonds is 4. The maximum absolute atomic E-state index is 6.08. The fourth-order valence-electron chi connectivity index (χ4n) is 1.52. The highest BCUT2D eigenvalue weighted by molar-refractivity contribution is 6.33. The summed E-state index contributed by atoms with van der Waals surface area (Å²) in [7, 11) is 0. The van der Waals surface area contributed by atoms with Crippen LogP contribution in [0.1, 0.15) is 32.3 Å². The molecule has 78 valence electrons. The average molecular weight is 212 g/mol. The van der Waals surface area contributed by atoms with Gasteiger partial charge in [0.15, 0.2) is 0 Å². The third kappa shape index (κ3) is 3.22. The summed E-state index contributed by atoms with van der Waals surface area (Å²) in [5.41, 5.74) is 2.29. The van der Waals surface area contributed by atoms with Gasteiger partial charge < -0.3 is 5.32 Å². The highest BCUT2D eigenvalue weighted by Gasteiger charge is 2.04. The summed E-state index contributed by atoms with van der Waals surface area (Å²) >= 11 is 6.08. The van der Waals surface area contributed by atoms with E-state index in [-0.39, 0.29) is 0 Å². The van der Waals surface area contributed by atoms with E-state index in [1.165, 1.54) is 18.4 Å². The van der Waals surface area contributed by atoms with Crippen LogP contribution in [-0.4, -0.2) is 6.04 Å². The molecule has 1 nitrogen and oxygen atoms in total. The number of hydrogen-bond acceptors (Lipinski definition) is 1. The minimum atomic E-state index is 0.485. The zero-order valence-corrected chi connectivity index (χ0v) is 9.86. The highest BCUT2D eigenvalue weighted by atomic mass is 35.5. The molecule has 0 saturated carbocycles. The van der Waals surface area contributed by atoms with Crippen LogP contribution in [0.4, 0.5) is 5.69 Å². The maximum atomic E-state index is 6.08. The molecule has 0 spiro atoms. The topological polar surface area (TPSA) is 12.0 Å². The summed E-state index contributed by atoms with van der Waals surface area (Å²) in [5, 5.41) is 4.22. The second-order valence-corrected chi connectivity index (χ2v) is 4.22. The molecule has 0 aromatic heterocycles. The van der Waals surface area contributed by atoms with Gasteiger partial charge in [0, 0.05) is 6.04 Å². The Bertz CT molecular complexity index is 296. The zero-order valence-electron chi connectivity index (χ0n) is 9.10. The molecule has 1 rings (SSSR count). The fraction of sp³-hybridized carbons (Fsp3) is 0.500. The minimum Gasteiger partial charge on any atom is -0.381 e. The van der Waals surface area contributed by atoms with Crippen LogP contribution >= 0.6 is 11.6 Å². The van der Waals surface area contributed by atoms with Crippen molar-refractivity contribution in [2.75, 3.05) is 5.32 Å². The highest BCUT2D eigenvalue weighted by Crippen LogP contribution is 2.23. The second-order valence-electron chi connectivity index (χ2n) is 3.82. The number of aryl methyl sites for hydroxylation is 1. The van der Waals surface area contributed by atoms with Gasteiger partial charge in [-0.05, 0) is 38.0 Å². The normalized spacial score (nSPS) is 12.6. The van der Waals surface area contributed by atoms with Crippen LogP contribution in [0.3, 0.4) is 0 Å². The maximum Gasteiger partial charge on any atom is 0.0637 e. The first-order chi connectivity index (χ1) is 6.63. The van der Waals surface area contributed by atoms with Gasteiger partial charge in [-0.3, -0.25) is 0 Å². The molecular formula is C12H18ClN. The predicted octanol–water partition coefficient (Wildman–Crippen LogP) is 4.25. The zero-order chi connectivity index (χ0) is 10.6. The van der Waals surface area contributed by atoms with Crippen LogP contribution in [0.25, 0.3) is 0 Å². The Morgan fingerprint density at radius 2 is 2.14 bits per heavy atom. The van der Waals surface area contributed by atoms with E-state index in [1.54, 1.807) is 0 Å². The van der Waals surface area contributed by atoms with Gasteiger partial charge in [-0.1, -0.05) is 31.0 Å². The smallest absolute Gasteiger partial charge is 0.0637 e. The van der Waals surface area contributed by atoms with Crippen molar-refractivity contribution in [2.45, 2.75) is 39.7 Å². The van der Waals surface area contributed by atoms with E-state index in [0.29, 0.717) is 6.04 Å². The van der Waals surface area contributed by atoms with Gasteiger partial charge in [-0.2, -0.15) is 0 Å². The molecule has 1 atom stereocenters. The molecule has 2 heteroatoms. The van der Waals surface area contributed by atoms with E-state index in [2.05, 4.69) is 32.2 Å². The number of nitrogens with one attached hydrogen (secondary N) is 1. The number of halogens is 1. The van der Waals surface area contributed by atoms with Gasteiger partial charge >= 0.3 is 0 Å². The summed E-state index contributed by atoms with van der Waals surface area (Å²) in [6.45, 7) is 6.45. The molecule has 0 heterocycles. The predicted molar refractivity (Wildman–Crippen MR) is 64.2 cm³/mol. The second kappa shape index (κ2) is 5.26. The van der Waals surface area contributed by atoms with Crippen LogP contribution in [0.2, 0.25) is 5.02 Å². The van der Waals surface area contributed by atoms with E-state index in [9.17, 15) is 0 Å². The van der Waals surface area contributed by atoms with Crippen molar-refractivity contribution in [2.24, 2.45) is 0 Å². The molecule has 0 aliphatic rings. The first-order valence-electron chi connectivity index (χ1n) is 5.16. The minimum absolute atomic E-state index is 0.485. The van der Waals surface area contributed by atoms with Gasteiger partial charge in [-0.25, -0.2) is 0 Å². The first kappa shape index (κ1) is 11.4. The summed E-state index contributed by atoms with van der Waals surface area (Å²) in [4.78, 5) is 0. The summed E-state index contributed by atoms with van der Waals surface area (Å²) in [6, 6.07) is 6.55. The van der Waals surface area contributed by atoms with E-state index >= 15 is 0 Å². The van der Waals surface area contributed by atoms with Crippen molar-refractivity contribution in [3.63, 3.8) is 0 Å². The third-order valence-corrected chi connectivity index (χ3v) is 2.58. The van der Waals surface area contributed by atoms with Crippen molar-refractivity contribution in [3.8, 4) is 0 Å². The Hall–Kier alpha value is -0.690. The Morgan fingerprint density at radius 1 is 1.43 bits per heavy atom. The number of anilines is 1. The lowest BCUT2D eigenvalue weighted by Crippen LogP contribution is -2.14. The summed E-state index contributed by atoms with van der Waals surface area (Å²) in [6.07, 6.45) is 2.36. The van der Waals surface area contributed by atoms with Crippen LogP contribution in [0.15, 0.2) is 18.2 Å². The average Bonchev–Trinajstić information content (AvgIpc) is 2.12. The molecular weight excluding hydrogens is 194 g/mol. The van der Waals surface area contributed by atoms with Gasteiger partial charge in [0.2, 0.25) is 0 Å². The van der Waals surface area contributed by atoms with Crippen LogP contribution < -0.4 is 5.32 Å². The van der Waals surface area contributed by atoms with Crippen molar-refractivity contribution in [1.82, 2.24) is 0 Å². The van der Waals surface area contributed by atoms with Crippen LogP contribution in [-0.2, 0) is 0 Å². The fourth-order valence-corrected chi connectivity index (χ4v) is 1.69. The van der Waals surface area contributed by atoms with Gasteiger partial charge in [-0.15, -0.1) is 0 Å². The number of benzene rings is 1. The molecule has 0 aliphatic carbocycles. The third-order valence-electron chi connectivity index (χ3n) is 2.25. The van der Waals surface area contributed by atoms with Crippen LogP contribution in [0, 0.1) is 6.92 Å². The molecule has 1 unspecified atom stereocenters. The molecule has 14 heavy (non-hydrogen) atoms. The summed E-state index contributed by atoms with van der Waals surface area (Å²) < 4.78 is 0. The van der Waals surface area contributed by atoms with Crippen molar-refractivity contribution < 1.29 is 0 Å². The largest absolute Gasteiger partial charge is 0.381 e. The molecule has 0 amide bonds. The molecule has 1 aromatic rings. The molecule has 0 fully saturated rings. The van der Waals surface area contributed by atoms with Crippen molar-refractivity contribution in [3.05, 3.63) is 28.8 Å². The molecule has 0 bridgehead atoms. The molecule has 0 aliphatic heterocycles. The van der Waals surface area contributed by atoms with E-state index < -0.39 is 0 Å². The van der Waals surface area contributed by atoms with Gasteiger partial charge in [0.1, 0.15) is 0 Å². The quantitative estimate of drug-likeness (QED) is 0.785. The Kier molecular flexibility index (Phi) is 4.27. The van der Waals surface area contributed by atoms with Gasteiger partial charge in [0.25, 0.3) is 0 Å². The number of hydrogen-bond donors (Lipinski definition) is 1. The first-order valence-corrected chi connectivity index (χ1v) is 5.54. The molecule has 0 radical (unpaired) electrons. The lowest BCUT2D eigenvalue weighted by Gasteiger charge is -2.15. The molecule has 1 N–H and O–H groups in total. The van der Waals surface area contributed by atoms with E-state index in [1.807, 2.05) is 12.1 Å². The van der Waals surface area contributed by atoms with Gasteiger partial charge in [0.05, 0.1) is 10.7 Å². The Balaban J connectivity index is 2.70. The van der Waals surface area contributed by atoms with Crippen molar-refractivity contribution >= 4 is 17.3 Å². The Morgan fingerprint density at radius 3 is 2.79 bits per heavy atom. The van der Waals surface area contributed by atoms with Crippen molar-refractivity contribution in [1.29, 1.82) is 0 Å². The monoisotopic (exact) mass is 211 g/mol. The summed E-state index contributed by atoms with van der Waals surface area (Å²) in [5.74, 6) is 0. The SMILES string of the molecule is CCCC(C)Nc1cc(C)ccc1Cl. The Labute approximate surface area is 91.5 Å². The standard InChI is InChI=1S/C12H18ClN/c1-4-5-10(3)14-12-8-9(2)6-7-11(12)13/h6-8,10,14H,4-5H2,1-3H3. The lowest BCUT2D eigenvalue weighted by molar-refractivity contribution is 0.690. The molecule has 0 saturated heterocycles. The van der Waals surface area contributed by atoms with E-state index in [0.717, 1.165) is 10.7 Å². The lowest BCUT2D eigenvalue weighted by atomic mass is 10.1. The molecule has 1 aromatic carbocycles.